The Morgan fingerprint density at radius 3 is 2.53 bits per heavy atom. The van der Waals surface area contributed by atoms with Crippen molar-refractivity contribution in [2.45, 2.75) is 18.9 Å². The van der Waals surface area contributed by atoms with Crippen molar-refractivity contribution in [3.63, 3.8) is 0 Å². The Morgan fingerprint density at radius 2 is 1.89 bits per heavy atom. The molecule has 0 amide bonds. The van der Waals surface area contributed by atoms with Crippen LogP contribution < -0.4 is 5.32 Å². The van der Waals surface area contributed by atoms with E-state index in [2.05, 4.69) is 21.2 Å². The molecular weight excluding hydrogens is 306 g/mol. The summed E-state index contributed by atoms with van der Waals surface area (Å²) in [6, 6.07) is 11.4. The third-order valence-corrected chi connectivity index (χ3v) is 4.23. The smallest absolute Gasteiger partial charge is 0.326 e. The molecule has 1 atom stereocenters. The van der Waals surface area contributed by atoms with Crippen molar-refractivity contribution in [3.05, 3.63) is 40.9 Å². The van der Waals surface area contributed by atoms with Gasteiger partial charge in [0.25, 0.3) is 0 Å². The van der Waals surface area contributed by atoms with Gasteiger partial charge in [-0.05, 0) is 36.3 Å². The topological polar surface area (TPSA) is 49.3 Å². The average molecular weight is 320 g/mol. The van der Waals surface area contributed by atoms with Crippen molar-refractivity contribution in [2.24, 2.45) is 5.92 Å². The second-order valence-corrected chi connectivity index (χ2v) is 5.79. The van der Waals surface area contributed by atoms with Crippen LogP contribution in [0.3, 0.4) is 0 Å². The van der Waals surface area contributed by atoms with E-state index in [0.717, 1.165) is 33.8 Å². The first-order valence-corrected chi connectivity index (χ1v) is 7.12. The number of carboxylic acid groups (broad SMARTS) is 1. The molecule has 0 bridgehead atoms. The van der Waals surface area contributed by atoms with Gasteiger partial charge in [-0.1, -0.05) is 40.2 Å². The van der Waals surface area contributed by atoms with Crippen LogP contribution in [0.15, 0.2) is 40.9 Å². The van der Waals surface area contributed by atoms with Crippen LogP contribution in [0.5, 0.6) is 0 Å². The van der Waals surface area contributed by atoms with Gasteiger partial charge in [0.2, 0.25) is 0 Å². The summed E-state index contributed by atoms with van der Waals surface area (Å²) in [5, 5.41) is 14.6. The largest absolute Gasteiger partial charge is 0.480 e. The molecule has 0 aliphatic heterocycles. The molecule has 1 unspecified atom stereocenters. The Kier molecular flexibility index (Phi) is 3.19. The van der Waals surface area contributed by atoms with Gasteiger partial charge in [-0.15, -0.1) is 0 Å². The fourth-order valence-corrected chi connectivity index (χ4v) is 2.84. The van der Waals surface area contributed by atoms with Crippen LogP contribution in [0.2, 0.25) is 0 Å². The van der Waals surface area contributed by atoms with E-state index in [1.165, 1.54) is 0 Å². The Hall–Kier alpha value is -1.55. The lowest BCUT2D eigenvalue weighted by Crippen LogP contribution is -2.31. The van der Waals surface area contributed by atoms with Gasteiger partial charge in [-0.3, -0.25) is 0 Å². The fourth-order valence-electron chi connectivity index (χ4n) is 2.37. The number of rotatable bonds is 4. The summed E-state index contributed by atoms with van der Waals surface area (Å²) in [7, 11) is 0. The van der Waals surface area contributed by atoms with Crippen LogP contribution in [0.1, 0.15) is 12.8 Å². The molecule has 0 radical (unpaired) electrons. The van der Waals surface area contributed by atoms with Crippen LogP contribution in [0.4, 0.5) is 5.69 Å². The van der Waals surface area contributed by atoms with Gasteiger partial charge >= 0.3 is 5.97 Å². The summed E-state index contributed by atoms with van der Waals surface area (Å²) in [4.78, 5) is 11.3. The maximum Gasteiger partial charge on any atom is 0.326 e. The number of halogens is 1. The summed E-state index contributed by atoms with van der Waals surface area (Å²) >= 11 is 3.52. The van der Waals surface area contributed by atoms with Gasteiger partial charge in [-0.25, -0.2) is 4.79 Å². The van der Waals surface area contributed by atoms with E-state index >= 15 is 0 Å². The van der Waals surface area contributed by atoms with Crippen molar-refractivity contribution >= 4 is 38.4 Å². The number of hydrogen-bond donors (Lipinski definition) is 2. The number of anilines is 1. The van der Waals surface area contributed by atoms with E-state index in [9.17, 15) is 9.90 Å². The summed E-state index contributed by atoms with van der Waals surface area (Å²) in [5.41, 5.74) is 0.887. The minimum absolute atomic E-state index is 0.264. The normalized spacial score (nSPS) is 16.3. The first-order chi connectivity index (χ1) is 9.16. The van der Waals surface area contributed by atoms with Crippen molar-refractivity contribution < 1.29 is 9.90 Å². The van der Waals surface area contributed by atoms with Crippen molar-refractivity contribution in [1.29, 1.82) is 0 Å². The van der Waals surface area contributed by atoms with Gasteiger partial charge in [0.05, 0.1) is 0 Å². The number of aliphatic carboxylic acids is 1. The van der Waals surface area contributed by atoms with E-state index in [1.54, 1.807) is 0 Å². The van der Waals surface area contributed by atoms with Gasteiger partial charge in [0, 0.05) is 15.5 Å². The number of fused-ring (bicyclic) bond motifs is 1. The zero-order chi connectivity index (χ0) is 13.4. The zero-order valence-electron chi connectivity index (χ0n) is 10.3. The first kappa shape index (κ1) is 12.5. The predicted molar refractivity (Wildman–Crippen MR) is 79.4 cm³/mol. The van der Waals surface area contributed by atoms with E-state index < -0.39 is 12.0 Å². The highest BCUT2D eigenvalue weighted by Crippen LogP contribution is 2.36. The first-order valence-electron chi connectivity index (χ1n) is 6.33. The van der Waals surface area contributed by atoms with E-state index in [-0.39, 0.29) is 5.92 Å². The molecule has 1 aliphatic rings. The molecule has 0 spiro atoms. The molecule has 0 aromatic heterocycles. The maximum atomic E-state index is 11.3. The molecule has 98 valence electrons. The Bertz CT molecular complexity index is 637. The molecule has 0 saturated heterocycles. The molecule has 1 fully saturated rings. The Balaban J connectivity index is 2.00. The summed E-state index contributed by atoms with van der Waals surface area (Å²) < 4.78 is 1.02. The highest BCUT2D eigenvalue weighted by Gasteiger charge is 2.36. The second kappa shape index (κ2) is 4.85. The van der Waals surface area contributed by atoms with E-state index in [0.29, 0.717) is 0 Å². The molecule has 2 aromatic carbocycles. The van der Waals surface area contributed by atoms with Crippen LogP contribution in [-0.4, -0.2) is 17.1 Å². The quantitative estimate of drug-likeness (QED) is 0.899. The molecule has 3 rings (SSSR count). The van der Waals surface area contributed by atoms with Gasteiger partial charge < -0.3 is 10.4 Å². The van der Waals surface area contributed by atoms with Crippen LogP contribution in [0.25, 0.3) is 10.8 Å². The van der Waals surface area contributed by atoms with E-state index in [4.69, 9.17) is 0 Å². The molecule has 3 nitrogen and oxygen atoms in total. The molecule has 19 heavy (non-hydrogen) atoms. The second-order valence-electron chi connectivity index (χ2n) is 4.94. The number of hydrogen-bond acceptors (Lipinski definition) is 2. The lowest BCUT2D eigenvalue weighted by Gasteiger charge is -2.17. The summed E-state index contributed by atoms with van der Waals surface area (Å²) in [6.07, 6.45) is 2.00. The molecule has 1 saturated carbocycles. The molecule has 1 aliphatic carbocycles. The van der Waals surface area contributed by atoms with Crippen LogP contribution in [-0.2, 0) is 4.79 Å². The van der Waals surface area contributed by atoms with Gasteiger partial charge in [0.15, 0.2) is 0 Å². The lowest BCUT2D eigenvalue weighted by atomic mass is 10.1. The van der Waals surface area contributed by atoms with Crippen molar-refractivity contribution in [3.8, 4) is 0 Å². The monoisotopic (exact) mass is 319 g/mol. The number of carboxylic acids is 1. The number of nitrogens with one attached hydrogen (secondary N) is 1. The molecular formula is C15H14BrNO2. The highest BCUT2D eigenvalue weighted by molar-refractivity contribution is 9.10. The van der Waals surface area contributed by atoms with Crippen LogP contribution in [0, 0.1) is 5.92 Å². The predicted octanol–water partition coefficient (Wildman–Crippen LogP) is 3.88. The highest BCUT2D eigenvalue weighted by atomic mass is 79.9. The van der Waals surface area contributed by atoms with E-state index in [1.807, 2.05) is 36.4 Å². The zero-order valence-corrected chi connectivity index (χ0v) is 11.9. The van der Waals surface area contributed by atoms with Gasteiger partial charge in [-0.2, -0.15) is 0 Å². The summed E-state index contributed by atoms with van der Waals surface area (Å²) in [6.45, 7) is 0. The van der Waals surface area contributed by atoms with Gasteiger partial charge in [0.1, 0.15) is 6.04 Å². The Morgan fingerprint density at radius 1 is 1.21 bits per heavy atom. The SMILES string of the molecule is O=C(O)C(Nc1ccc(Br)c2ccccc12)C1CC1. The third kappa shape index (κ3) is 2.45. The Labute approximate surface area is 119 Å². The fraction of sp³-hybridized carbons (Fsp3) is 0.267. The molecule has 4 heteroatoms. The minimum Gasteiger partial charge on any atom is -0.480 e. The van der Waals surface area contributed by atoms with Crippen molar-refractivity contribution in [2.75, 3.05) is 5.32 Å². The number of carbonyl (C=O) groups is 1. The average Bonchev–Trinajstić information content (AvgIpc) is 3.22. The van der Waals surface area contributed by atoms with Crippen molar-refractivity contribution in [1.82, 2.24) is 0 Å². The molecule has 2 N–H and O–H groups in total. The summed E-state index contributed by atoms with van der Waals surface area (Å²) in [5.74, 6) is -0.505. The standard InChI is InChI=1S/C15H14BrNO2/c16-12-7-8-13(11-4-2-1-3-10(11)12)17-14(15(18)19)9-5-6-9/h1-4,7-9,14,17H,5-6H2,(H,18,19). The molecule has 2 aromatic rings. The van der Waals surface area contributed by atoms with Crippen LogP contribution >= 0.6 is 15.9 Å². The maximum absolute atomic E-state index is 11.3. The lowest BCUT2D eigenvalue weighted by molar-refractivity contribution is -0.138. The third-order valence-electron chi connectivity index (χ3n) is 3.54. The molecule has 0 heterocycles. The minimum atomic E-state index is -0.769. The number of benzene rings is 2.